The third-order valence-corrected chi connectivity index (χ3v) is 8.18. The van der Waals surface area contributed by atoms with Gasteiger partial charge >= 0.3 is 5.97 Å². The lowest BCUT2D eigenvalue weighted by molar-refractivity contribution is -0.151. The SMILES string of the molecule is CC(C)c1ccc(COC(=O)C2CCN(S(=O)(=O)c3cccs3)CC2)cc1. The summed E-state index contributed by atoms with van der Waals surface area (Å²) in [6.45, 7) is 5.23. The van der Waals surface area contributed by atoms with E-state index in [1.165, 1.54) is 21.2 Å². The predicted octanol–water partition coefficient (Wildman–Crippen LogP) is 4.02. The number of hydrogen-bond acceptors (Lipinski definition) is 5. The Morgan fingerprint density at radius 1 is 1.19 bits per heavy atom. The zero-order valence-corrected chi connectivity index (χ0v) is 17.3. The lowest BCUT2D eigenvalue weighted by atomic mass is 9.98. The fourth-order valence-electron chi connectivity index (χ4n) is 3.14. The summed E-state index contributed by atoms with van der Waals surface area (Å²) in [4.78, 5) is 12.3. The molecular formula is C20H25NO4S2. The molecular weight excluding hydrogens is 382 g/mol. The Balaban J connectivity index is 1.50. The van der Waals surface area contributed by atoms with Crippen LogP contribution >= 0.6 is 11.3 Å². The second-order valence-corrected chi connectivity index (χ2v) is 10.2. The van der Waals surface area contributed by atoms with E-state index in [4.69, 9.17) is 4.74 Å². The number of hydrogen-bond donors (Lipinski definition) is 0. The Kier molecular flexibility index (Phi) is 6.34. The van der Waals surface area contributed by atoms with Gasteiger partial charge in [0.05, 0.1) is 5.92 Å². The maximum atomic E-state index is 12.5. The summed E-state index contributed by atoms with van der Waals surface area (Å²) in [5.41, 5.74) is 2.22. The van der Waals surface area contributed by atoms with Gasteiger partial charge in [0.2, 0.25) is 0 Å². The van der Waals surface area contributed by atoms with Crippen LogP contribution in [0.1, 0.15) is 43.7 Å². The Hall–Kier alpha value is -1.70. The zero-order valence-electron chi connectivity index (χ0n) is 15.6. The molecule has 3 rings (SSSR count). The van der Waals surface area contributed by atoms with Gasteiger partial charge in [-0.05, 0) is 41.3 Å². The molecule has 0 radical (unpaired) electrons. The number of benzene rings is 1. The van der Waals surface area contributed by atoms with Crippen LogP contribution in [0.4, 0.5) is 0 Å². The first-order chi connectivity index (χ1) is 12.9. The van der Waals surface area contributed by atoms with Crippen molar-refractivity contribution in [3.05, 3.63) is 52.9 Å². The highest BCUT2D eigenvalue weighted by atomic mass is 32.2. The molecule has 146 valence electrons. The molecule has 7 heteroatoms. The Morgan fingerprint density at radius 2 is 1.85 bits per heavy atom. The van der Waals surface area contributed by atoms with Crippen molar-refractivity contribution in [1.82, 2.24) is 4.31 Å². The highest BCUT2D eigenvalue weighted by Crippen LogP contribution is 2.27. The molecule has 0 amide bonds. The molecule has 0 atom stereocenters. The molecule has 5 nitrogen and oxygen atoms in total. The van der Waals surface area contributed by atoms with Crippen molar-refractivity contribution in [3.8, 4) is 0 Å². The summed E-state index contributed by atoms with van der Waals surface area (Å²) < 4.78 is 32.3. The molecule has 1 aliphatic heterocycles. The molecule has 0 spiro atoms. The number of thiophene rings is 1. The van der Waals surface area contributed by atoms with Gasteiger partial charge in [0.1, 0.15) is 10.8 Å². The second kappa shape index (κ2) is 8.54. The maximum Gasteiger partial charge on any atom is 0.309 e. The van der Waals surface area contributed by atoms with E-state index >= 15 is 0 Å². The number of esters is 1. The first kappa shape index (κ1) is 20.0. The summed E-state index contributed by atoms with van der Waals surface area (Å²) in [7, 11) is -3.43. The lowest BCUT2D eigenvalue weighted by Crippen LogP contribution is -2.40. The van der Waals surface area contributed by atoms with Gasteiger partial charge in [0.25, 0.3) is 10.0 Å². The van der Waals surface area contributed by atoms with Crippen molar-refractivity contribution < 1.29 is 17.9 Å². The molecule has 0 bridgehead atoms. The lowest BCUT2D eigenvalue weighted by Gasteiger charge is -2.29. The number of nitrogens with zero attached hydrogens (tertiary/aromatic N) is 1. The molecule has 2 aromatic rings. The van der Waals surface area contributed by atoms with E-state index in [0.717, 1.165) is 5.56 Å². The molecule has 1 aromatic heterocycles. The normalized spacial score (nSPS) is 16.6. The predicted molar refractivity (Wildman–Crippen MR) is 106 cm³/mol. The molecule has 0 saturated carbocycles. The molecule has 27 heavy (non-hydrogen) atoms. The average Bonchev–Trinajstić information content (AvgIpc) is 3.22. The van der Waals surface area contributed by atoms with Gasteiger partial charge in [-0.1, -0.05) is 44.2 Å². The standard InChI is InChI=1S/C20H25NO4S2/c1-15(2)17-7-5-16(6-8-17)14-25-20(22)18-9-11-21(12-10-18)27(23,24)19-4-3-13-26-19/h3-8,13,15,18H,9-12,14H2,1-2H3. The minimum Gasteiger partial charge on any atom is -0.461 e. The van der Waals surface area contributed by atoms with Crippen LogP contribution in [0.15, 0.2) is 46.0 Å². The zero-order chi connectivity index (χ0) is 19.4. The molecule has 0 N–H and O–H groups in total. The minimum absolute atomic E-state index is 0.240. The summed E-state index contributed by atoms with van der Waals surface area (Å²) in [6, 6.07) is 11.4. The minimum atomic E-state index is -3.43. The topological polar surface area (TPSA) is 63.7 Å². The average molecular weight is 408 g/mol. The van der Waals surface area contributed by atoms with Gasteiger partial charge in [0, 0.05) is 13.1 Å². The van der Waals surface area contributed by atoms with Crippen molar-refractivity contribution >= 4 is 27.3 Å². The van der Waals surface area contributed by atoms with Gasteiger partial charge in [0.15, 0.2) is 0 Å². The highest BCUT2D eigenvalue weighted by Gasteiger charge is 2.33. The van der Waals surface area contributed by atoms with Crippen molar-refractivity contribution in [3.63, 3.8) is 0 Å². The highest BCUT2D eigenvalue weighted by molar-refractivity contribution is 7.91. The van der Waals surface area contributed by atoms with E-state index in [9.17, 15) is 13.2 Å². The van der Waals surface area contributed by atoms with E-state index in [1.807, 2.05) is 12.1 Å². The number of carbonyl (C=O) groups is 1. The molecule has 0 unspecified atom stereocenters. The van der Waals surface area contributed by atoms with E-state index in [0.29, 0.717) is 36.1 Å². The van der Waals surface area contributed by atoms with Crippen LogP contribution in [0.25, 0.3) is 0 Å². The largest absolute Gasteiger partial charge is 0.461 e. The van der Waals surface area contributed by atoms with Crippen LogP contribution in [0, 0.1) is 5.92 Å². The quantitative estimate of drug-likeness (QED) is 0.679. The van der Waals surface area contributed by atoms with Crippen LogP contribution in [0.2, 0.25) is 0 Å². The number of sulfonamides is 1. The third-order valence-electron chi connectivity index (χ3n) is 4.90. The first-order valence-electron chi connectivity index (χ1n) is 9.17. The Labute approximate surface area is 165 Å². The number of rotatable bonds is 6. The second-order valence-electron chi connectivity index (χ2n) is 7.11. The van der Waals surface area contributed by atoms with Gasteiger partial charge in [-0.2, -0.15) is 4.31 Å². The maximum absolute atomic E-state index is 12.5. The van der Waals surface area contributed by atoms with E-state index in [2.05, 4.69) is 26.0 Å². The van der Waals surface area contributed by atoms with Crippen LogP contribution < -0.4 is 0 Å². The van der Waals surface area contributed by atoms with Crippen LogP contribution in [-0.2, 0) is 26.2 Å². The third kappa shape index (κ3) is 4.78. The summed E-state index contributed by atoms with van der Waals surface area (Å²) >= 11 is 1.22. The van der Waals surface area contributed by atoms with Crippen molar-refractivity contribution in [2.45, 2.75) is 43.4 Å². The molecule has 1 fully saturated rings. The molecule has 1 aliphatic rings. The molecule has 2 heterocycles. The molecule has 1 aromatic carbocycles. The van der Waals surface area contributed by atoms with Gasteiger partial charge < -0.3 is 4.74 Å². The van der Waals surface area contributed by atoms with Crippen LogP contribution in [0.5, 0.6) is 0 Å². The summed E-state index contributed by atoms with van der Waals surface area (Å²) in [5, 5.41) is 1.75. The van der Waals surface area contributed by atoms with Crippen LogP contribution in [-0.4, -0.2) is 31.8 Å². The fourth-order valence-corrected chi connectivity index (χ4v) is 5.75. The number of piperidine rings is 1. The van der Waals surface area contributed by atoms with E-state index in [1.54, 1.807) is 17.5 Å². The Morgan fingerprint density at radius 3 is 2.41 bits per heavy atom. The molecule has 1 saturated heterocycles. The number of ether oxygens (including phenoxy) is 1. The smallest absolute Gasteiger partial charge is 0.309 e. The van der Waals surface area contributed by atoms with Crippen LogP contribution in [0.3, 0.4) is 0 Å². The number of carbonyl (C=O) groups excluding carboxylic acids is 1. The van der Waals surface area contributed by atoms with Gasteiger partial charge in [-0.3, -0.25) is 4.79 Å². The van der Waals surface area contributed by atoms with Crippen molar-refractivity contribution in [1.29, 1.82) is 0 Å². The monoisotopic (exact) mass is 407 g/mol. The van der Waals surface area contributed by atoms with Gasteiger partial charge in [-0.25, -0.2) is 8.42 Å². The van der Waals surface area contributed by atoms with Gasteiger partial charge in [-0.15, -0.1) is 11.3 Å². The fraction of sp³-hybridized carbons (Fsp3) is 0.450. The van der Waals surface area contributed by atoms with E-state index < -0.39 is 10.0 Å². The van der Waals surface area contributed by atoms with Crippen molar-refractivity contribution in [2.24, 2.45) is 5.92 Å². The van der Waals surface area contributed by atoms with E-state index in [-0.39, 0.29) is 18.5 Å². The molecule has 0 aliphatic carbocycles. The van der Waals surface area contributed by atoms with Crippen molar-refractivity contribution in [2.75, 3.05) is 13.1 Å². The first-order valence-corrected chi connectivity index (χ1v) is 11.5. The Bertz CT molecular complexity index is 850. The summed E-state index contributed by atoms with van der Waals surface area (Å²) in [6.07, 6.45) is 0.992. The summed E-state index contributed by atoms with van der Waals surface area (Å²) in [5.74, 6) is -0.0110.